The lowest BCUT2D eigenvalue weighted by molar-refractivity contribution is 0.269. The van der Waals surface area contributed by atoms with E-state index in [-0.39, 0.29) is 12.1 Å². The van der Waals surface area contributed by atoms with Crippen LogP contribution in [0.3, 0.4) is 0 Å². The Morgan fingerprint density at radius 2 is 1.82 bits per heavy atom. The molecule has 0 radical (unpaired) electrons. The van der Waals surface area contributed by atoms with Crippen LogP contribution in [0.1, 0.15) is 29.1 Å². The summed E-state index contributed by atoms with van der Waals surface area (Å²) in [4.78, 5) is 6.74. The summed E-state index contributed by atoms with van der Waals surface area (Å²) in [6.45, 7) is 0.626. The number of aromatic nitrogens is 1. The third-order valence-corrected chi connectivity index (χ3v) is 6.36. The predicted molar refractivity (Wildman–Crippen MR) is 133 cm³/mol. The van der Waals surface area contributed by atoms with Crippen molar-refractivity contribution in [3.63, 3.8) is 0 Å². The molecule has 0 aliphatic carbocycles. The molecule has 2 atom stereocenters. The summed E-state index contributed by atoms with van der Waals surface area (Å²) in [6.07, 6.45) is 1.80. The van der Waals surface area contributed by atoms with Crippen molar-refractivity contribution in [1.82, 2.24) is 15.2 Å². The first-order valence-corrected chi connectivity index (χ1v) is 11.4. The second kappa shape index (κ2) is 9.25. The SMILES string of the molecule is COc1ccc(CN2C(=S)N[C@H](c3ccccn3)[C@H]2c2ccc(-c3ccc(Cl)cc3)o2)cc1. The number of rotatable bonds is 6. The fourth-order valence-electron chi connectivity index (χ4n) is 4.09. The molecule has 5 rings (SSSR count). The van der Waals surface area contributed by atoms with E-state index in [1.807, 2.05) is 78.9 Å². The van der Waals surface area contributed by atoms with Crippen molar-refractivity contribution in [1.29, 1.82) is 0 Å². The number of halogens is 1. The van der Waals surface area contributed by atoms with Gasteiger partial charge >= 0.3 is 0 Å². The molecule has 4 aromatic rings. The van der Waals surface area contributed by atoms with E-state index in [1.54, 1.807) is 13.3 Å². The number of nitrogens with zero attached hydrogens (tertiary/aromatic N) is 2. The average molecular weight is 476 g/mol. The summed E-state index contributed by atoms with van der Waals surface area (Å²) < 4.78 is 11.7. The second-order valence-electron chi connectivity index (χ2n) is 7.81. The van der Waals surface area contributed by atoms with Crippen LogP contribution in [-0.2, 0) is 6.54 Å². The Morgan fingerprint density at radius 1 is 1.03 bits per heavy atom. The number of pyridine rings is 1. The molecule has 1 N–H and O–H groups in total. The van der Waals surface area contributed by atoms with Crippen LogP contribution in [-0.4, -0.2) is 22.1 Å². The van der Waals surface area contributed by atoms with Gasteiger partial charge in [0.25, 0.3) is 0 Å². The number of ether oxygens (including phenoxy) is 1. The minimum Gasteiger partial charge on any atom is -0.497 e. The Hall–Kier alpha value is -3.35. The lowest BCUT2D eigenvalue weighted by Crippen LogP contribution is -2.29. The molecular weight excluding hydrogens is 454 g/mol. The van der Waals surface area contributed by atoms with Crippen LogP contribution in [0.4, 0.5) is 0 Å². The Kier molecular flexibility index (Phi) is 6.03. The van der Waals surface area contributed by atoms with Crippen LogP contribution in [0.5, 0.6) is 5.75 Å². The molecule has 0 saturated carbocycles. The monoisotopic (exact) mass is 475 g/mol. The van der Waals surface area contributed by atoms with Gasteiger partial charge in [0.1, 0.15) is 23.3 Å². The van der Waals surface area contributed by atoms with Crippen LogP contribution in [0.2, 0.25) is 5.02 Å². The first-order chi connectivity index (χ1) is 16.1. The highest BCUT2D eigenvalue weighted by molar-refractivity contribution is 7.80. The van der Waals surface area contributed by atoms with Crippen molar-refractivity contribution in [2.45, 2.75) is 18.6 Å². The molecule has 2 aromatic heterocycles. The fourth-order valence-corrected chi connectivity index (χ4v) is 4.52. The van der Waals surface area contributed by atoms with E-state index in [1.165, 1.54) is 0 Å². The van der Waals surface area contributed by atoms with Gasteiger partial charge in [-0.15, -0.1) is 0 Å². The number of thiocarbonyl (C=S) groups is 1. The molecule has 0 unspecified atom stereocenters. The molecule has 166 valence electrons. The van der Waals surface area contributed by atoms with Gasteiger partial charge in [0.15, 0.2) is 5.11 Å². The molecule has 2 aromatic carbocycles. The normalized spacial score (nSPS) is 17.8. The highest BCUT2D eigenvalue weighted by Gasteiger charge is 2.41. The predicted octanol–water partition coefficient (Wildman–Crippen LogP) is 6.18. The molecule has 3 heterocycles. The van der Waals surface area contributed by atoms with Gasteiger partial charge in [-0.05, 0) is 78.4 Å². The number of benzene rings is 2. The van der Waals surface area contributed by atoms with Crippen LogP contribution in [0, 0.1) is 0 Å². The van der Waals surface area contributed by atoms with Gasteiger partial charge < -0.3 is 19.4 Å². The van der Waals surface area contributed by atoms with Crippen molar-refractivity contribution in [3.05, 3.63) is 107 Å². The Balaban J connectivity index is 1.51. The van der Waals surface area contributed by atoms with Gasteiger partial charge in [-0.3, -0.25) is 4.98 Å². The van der Waals surface area contributed by atoms with Gasteiger partial charge in [-0.2, -0.15) is 0 Å². The molecule has 0 amide bonds. The van der Waals surface area contributed by atoms with E-state index in [9.17, 15) is 0 Å². The fraction of sp³-hybridized carbons (Fsp3) is 0.154. The van der Waals surface area contributed by atoms with Gasteiger partial charge in [0, 0.05) is 23.3 Å². The molecular formula is C26H22ClN3O2S. The molecule has 5 nitrogen and oxygen atoms in total. The smallest absolute Gasteiger partial charge is 0.170 e. The van der Waals surface area contributed by atoms with E-state index >= 15 is 0 Å². The topological polar surface area (TPSA) is 50.5 Å². The van der Waals surface area contributed by atoms with E-state index in [2.05, 4.69) is 15.2 Å². The highest BCUT2D eigenvalue weighted by Crippen LogP contribution is 2.41. The van der Waals surface area contributed by atoms with Crippen LogP contribution < -0.4 is 10.1 Å². The summed E-state index contributed by atoms with van der Waals surface area (Å²) in [5.74, 6) is 2.42. The summed E-state index contributed by atoms with van der Waals surface area (Å²) in [5, 5.41) is 4.82. The van der Waals surface area contributed by atoms with Crippen molar-refractivity contribution < 1.29 is 9.15 Å². The molecule has 33 heavy (non-hydrogen) atoms. The molecule has 1 aliphatic heterocycles. The van der Waals surface area contributed by atoms with Crippen molar-refractivity contribution >= 4 is 28.9 Å². The standard InChI is InChI=1S/C26H22ClN3O2S/c1-31-20-11-5-17(6-12-20)16-30-25(24(29-26(30)33)21-4-2-3-15-28-21)23-14-13-22(32-23)18-7-9-19(27)10-8-18/h2-15,24-25H,16H2,1H3,(H,29,33)/t24-,25-/m1/s1. The van der Waals surface area contributed by atoms with Gasteiger partial charge in [0.05, 0.1) is 18.8 Å². The maximum atomic E-state index is 6.37. The van der Waals surface area contributed by atoms with Crippen LogP contribution in [0.25, 0.3) is 11.3 Å². The van der Waals surface area contributed by atoms with E-state index < -0.39 is 0 Å². The zero-order chi connectivity index (χ0) is 22.8. The Morgan fingerprint density at radius 3 is 2.52 bits per heavy atom. The Bertz CT molecular complexity index is 1240. The largest absolute Gasteiger partial charge is 0.497 e. The van der Waals surface area contributed by atoms with E-state index in [0.717, 1.165) is 34.1 Å². The summed E-state index contributed by atoms with van der Waals surface area (Å²) in [7, 11) is 1.66. The van der Waals surface area contributed by atoms with Gasteiger partial charge in [-0.1, -0.05) is 29.8 Å². The third kappa shape index (κ3) is 4.45. The van der Waals surface area contributed by atoms with Crippen LogP contribution >= 0.6 is 23.8 Å². The molecule has 0 spiro atoms. The van der Waals surface area contributed by atoms with Gasteiger partial charge in [-0.25, -0.2) is 0 Å². The van der Waals surface area contributed by atoms with Gasteiger partial charge in [0.2, 0.25) is 0 Å². The first-order valence-electron chi connectivity index (χ1n) is 10.6. The van der Waals surface area contributed by atoms with Crippen molar-refractivity contribution in [2.75, 3.05) is 7.11 Å². The highest BCUT2D eigenvalue weighted by atomic mass is 35.5. The number of hydrogen-bond acceptors (Lipinski definition) is 4. The molecule has 0 bridgehead atoms. The zero-order valence-corrected chi connectivity index (χ0v) is 19.5. The number of nitrogens with one attached hydrogen (secondary N) is 1. The van der Waals surface area contributed by atoms with Crippen LogP contribution in [0.15, 0.2) is 89.5 Å². The second-order valence-corrected chi connectivity index (χ2v) is 8.63. The molecule has 1 fully saturated rings. The van der Waals surface area contributed by atoms with E-state index in [0.29, 0.717) is 16.7 Å². The number of furan rings is 1. The number of hydrogen-bond donors (Lipinski definition) is 1. The van der Waals surface area contributed by atoms with Crippen molar-refractivity contribution in [3.8, 4) is 17.1 Å². The Labute approximate surface area is 203 Å². The lowest BCUT2D eigenvalue weighted by Gasteiger charge is -2.26. The quantitative estimate of drug-likeness (QED) is 0.336. The first kappa shape index (κ1) is 21.5. The minimum absolute atomic E-state index is 0.138. The zero-order valence-electron chi connectivity index (χ0n) is 17.9. The summed E-state index contributed by atoms with van der Waals surface area (Å²) in [5.41, 5.74) is 3.00. The summed E-state index contributed by atoms with van der Waals surface area (Å²) >= 11 is 11.8. The molecule has 1 saturated heterocycles. The minimum atomic E-state index is -0.157. The average Bonchev–Trinajstić information content (AvgIpc) is 3.45. The number of methoxy groups -OCH3 is 1. The molecule has 1 aliphatic rings. The molecule has 7 heteroatoms. The third-order valence-electron chi connectivity index (χ3n) is 5.76. The van der Waals surface area contributed by atoms with Crippen molar-refractivity contribution in [2.24, 2.45) is 0 Å². The van der Waals surface area contributed by atoms with E-state index in [4.69, 9.17) is 33.0 Å². The maximum Gasteiger partial charge on any atom is 0.170 e. The maximum absolute atomic E-state index is 6.37. The lowest BCUT2D eigenvalue weighted by atomic mass is 10.0. The summed E-state index contributed by atoms with van der Waals surface area (Å²) in [6, 6.07) is 25.2.